The summed E-state index contributed by atoms with van der Waals surface area (Å²) in [5.74, 6) is -0.508. The van der Waals surface area contributed by atoms with Crippen LogP contribution in [0.1, 0.15) is 49.1 Å². The summed E-state index contributed by atoms with van der Waals surface area (Å²) in [4.78, 5) is 37.5. The van der Waals surface area contributed by atoms with E-state index in [1.54, 1.807) is 84.9 Å². The molecule has 4 aromatic carbocycles. The number of nitrogens with one attached hydrogen (secondary N) is 2. The van der Waals surface area contributed by atoms with Gasteiger partial charge in [-0.05, 0) is 98.3 Å². The smallest absolute Gasteiger partial charge is 0.343 e. The van der Waals surface area contributed by atoms with E-state index in [1.165, 1.54) is 6.21 Å². The average Bonchev–Trinajstić information content (AvgIpc) is 2.95. The number of nitrogens with zero attached hydrogens (tertiary/aromatic N) is 1. The van der Waals surface area contributed by atoms with Crippen molar-refractivity contribution in [3.05, 3.63) is 123 Å². The molecule has 4 aromatic rings. The van der Waals surface area contributed by atoms with Gasteiger partial charge in [-0.2, -0.15) is 5.10 Å². The zero-order chi connectivity index (χ0) is 28.5. The van der Waals surface area contributed by atoms with Crippen molar-refractivity contribution >= 4 is 45.6 Å². The Balaban J connectivity index is 1.36. The Labute approximate surface area is 240 Å². The van der Waals surface area contributed by atoms with Crippen molar-refractivity contribution in [3.63, 3.8) is 0 Å². The van der Waals surface area contributed by atoms with E-state index in [1.807, 2.05) is 19.9 Å². The van der Waals surface area contributed by atoms with Crippen LogP contribution in [0.2, 0.25) is 0 Å². The number of hydrazone groups is 1. The van der Waals surface area contributed by atoms with Crippen LogP contribution < -0.4 is 20.2 Å². The minimum absolute atomic E-state index is 0.253. The van der Waals surface area contributed by atoms with Crippen LogP contribution in [0.25, 0.3) is 0 Å². The highest BCUT2D eigenvalue weighted by Gasteiger charge is 2.14. The maximum atomic E-state index is 12.6. The third-order valence-electron chi connectivity index (χ3n) is 5.62. The van der Waals surface area contributed by atoms with Crippen molar-refractivity contribution in [2.24, 2.45) is 5.10 Å². The van der Waals surface area contributed by atoms with E-state index in [2.05, 4.69) is 31.8 Å². The molecule has 0 unspecified atom stereocenters. The number of ether oxygens (including phenoxy) is 2. The maximum Gasteiger partial charge on any atom is 0.343 e. The van der Waals surface area contributed by atoms with Gasteiger partial charge >= 0.3 is 5.97 Å². The monoisotopic (exact) mass is 599 g/mol. The number of benzene rings is 4. The minimum Gasteiger partial charge on any atom is -0.490 e. The molecule has 0 aliphatic carbocycles. The first-order chi connectivity index (χ1) is 19.3. The highest BCUT2D eigenvalue weighted by Crippen LogP contribution is 2.29. The number of carbonyl (C=O) groups is 3. The van der Waals surface area contributed by atoms with Crippen LogP contribution in [-0.4, -0.2) is 30.6 Å². The number of amides is 2. The zero-order valence-corrected chi connectivity index (χ0v) is 23.4. The first-order valence-corrected chi connectivity index (χ1v) is 13.2. The Morgan fingerprint density at radius 1 is 0.825 bits per heavy atom. The molecule has 0 atom stereocenters. The Bertz CT molecular complexity index is 1550. The number of esters is 1. The standard InChI is InChI=1S/C31H26BrN3O5/c1-3-39-28-18-21(7-16-27(28)40-31(38)24-6-4-5-20(2)17-24)19-33-35-30(37)23-10-14-26(15-11-23)34-29(36)22-8-12-25(32)13-9-22/h4-19H,3H2,1-2H3,(H,34,36)(H,35,37)/b33-19-. The molecule has 0 radical (unpaired) electrons. The van der Waals surface area contributed by atoms with Crippen LogP contribution in [0.3, 0.4) is 0 Å². The molecule has 0 heterocycles. The summed E-state index contributed by atoms with van der Waals surface area (Å²) in [5.41, 5.74) is 5.94. The zero-order valence-electron chi connectivity index (χ0n) is 21.8. The number of carbonyl (C=O) groups excluding carboxylic acids is 3. The second-order valence-corrected chi connectivity index (χ2v) is 9.55. The van der Waals surface area contributed by atoms with E-state index in [0.717, 1.165) is 10.0 Å². The average molecular weight is 600 g/mol. The molecule has 0 fully saturated rings. The number of hydrogen-bond acceptors (Lipinski definition) is 6. The Hall–Kier alpha value is -4.76. The molecule has 8 nitrogen and oxygen atoms in total. The quantitative estimate of drug-likeness (QED) is 0.100. The second kappa shape index (κ2) is 13.3. The lowest BCUT2D eigenvalue weighted by Crippen LogP contribution is -2.18. The molecule has 9 heteroatoms. The third kappa shape index (κ3) is 7.64. The summed E-state index contributed by atoms with van der Waals surface area (Å²) in [6.07, 6.45) is 1.46. The summed E-state index contributed by atoms with van der Waals surface area (Å²) in [6, 6.07) is 25.6. The van der Waals surface area contributed by atoms with Crippen LogP contribution in [0, 0.1) is 6.92 Å². The summed E-state index contributed by atoms with van der Waals surface area (Å²) < 4.78 is 12.1. The van der Waals surface area contributed by atoms with Crippen molar-refractivity contribution in [1.29, 1.82) is 0 Å². The summed E-state index contributed by atoms with van der Waals surface area (Å²) in [5, 5.41) is 6.82. The van der Waals surface area contributed by atoms with Crippen LogP contribution in [0.4, 0.5) is 5.69 Å². The summed E-state index contributed by atoms with van der Waals surface area (Å²) >= 11 is 3.34. The fourth-order valence-electron chi connectivity index (χ4n) is 3.63. The molecule has 40 heavy (non-hydrogen) atoms. The molecule has 4 rings (SSSR count). The number of halogens is 1. The third-order valence-corrected chi connectivity index (χ3v) is 6.14. The van der Waals surface area contributed by atoms with E-state index in [9.17, 15) is 14.4 Å². The number of aryl methyl sites for hydroxylation is 1. The topological polar surface area (TPSA) is 106 Å². The molecule has 0 aromatic heterocycles. The largest absolute Gasteiger partial charge is 0.490 e. The molecule has 0 spiro atoms. The van der Waals surface area contributed by atoms with Gasteiger partial charge in [-0.1, -0.05) is 33.6 Å². The molecular weight excluding hydrogens is 574 g/mol. The van der Waals surface area contributed by atoms with Crippen molar-refractivity contribution in [1.82, 2.24) is 5.43 Å². The SMILES string of the molecule is CCOc1cc(/C=N\NC(=O)c2ccc(NC(=O)c3ccc(Br)cc3)cc2)ccc1OC(=O)c1cccc(C)c1. The minimum atomic E-state index is -0.489. The van der Waals surface area contributed by atoms with Gasteiger partial charge in [0.25, 0.3) is 11.8 Å². The van der Waals surface area contributed by atoms with Crippen molar-refractivity contribution in [2.45, 2.75) is 13.8 Å². The van der Waals surface area contributed by atoms with Gasteiger partial charge in [-0.3, -0.25) is 9.59 Å². The summed E-state index contributed by atoms with van der Waals surface area (Å²) in [7, 11) is 0. The normalized spacial score (nSPS) is 10.7. The van der Waals surface area contributed by atoms with Crippen LogP contribution in [0.5, 0.6) is 11.5 Å². The lowest BCUT2D eigenvalue weighted by molar-refractivity contribution is 0.0727. The van der Waals surface area contributed by atoms with Crippen LogP contribution in [0.15, 0.2) is 101 Å². The lowest BCUT2D eigenvalue weighted by atomic mass is 10.1. The molecule has 0 bridgehead atoms. The van der Waals surface area contributed by atoms with Gasteiger partial charge in [0.05, 0.1) is 18.4 Å². The highest BCUT2D eigenvalue weighted by molar-refractivity contribution is 9.10. The molecule has 0 aliphatic heterocycles. The van der Waals surface area contributed by atoms with Crippen molar-refractivity contribution in [2.75, 3.05) is 11.9 Å². The van der Waals surface area contributed by atoms with Gasteiger partial charge in [0.2, 0.25) is 0 Å². The molecule has 2 amide bonds. The van der Waals surface area contributed by atoms with E-state index in [0.29, 0.717) is 40.3 Å². The second-order valence-electron chi connectivity index (χ2n) is 8.64. The molecule has 202 valence electrons. The number of hydrogen-bond donors (Lipinski definition) is 2. The molecule has 0 saturated carbocycles. The Kier molecular flexibility index (Phi) is 9.43. The first-order valence-electron chi connectivity index (χ1n) is 12.4. The highest BCUT2D eigenvalue weighted by atomic mass is 79.9. The van der Waals surface area contributed by atoms with Crippen LogP contribution in [-0.2, 0) is 0 Å². The summed E-state index contributed by atoms with van der Waals surface area (Å²) in [6.45, 7) is 4.09. The number of rotatable bonds is 9. The van der Waals surface area contributed by atoms with E-state index in [-0.39, 0.29) is 11.7 Å². The van der Waals surface area contributed by atoms with E-state index in [4.69, 9.17) is 9.47 Å². The molecule has 0 saturated heterocycles. The van der Waals surface area contributed by atoms with Gasteiger partial charge in [0.1, 0.15) is 0 Å². The van der Waals surface area contributed by atoms with E-state index < -0.39 is 11.9 Å². The Morgan fingerprint density at radius 2 is 1.52 bits per heavy atom. The van der Waals surface area contributed by atoms with Gasteiger partial charge in [0, 0.05) is 21.3 Å². The Morgan fingerprint density at radius 3 is 2.23 bits per heavy atom. The molecule has 0 aliphatic rings. The van der Waals surface area contributed by atoms with Crippen molar-refractivity contribution in [3.8, 4) is 11.5 Å². The van der Waals surface area contributed by atoms with Gasteiger partial charge < -0.3 is 14.8 Å². The van der Waals surface area contributed by atoms with Crippen molar-refractivity contribution < 1.29 is 23.9 Å². The van der Waals surface area contributed by atoms with Gasteiger partial charge in [-0.25, -0.2) is 10.2 Å². The lowest BCUT2D eigenvalue weighted by Gasteiger charge is -2.11. The van der Waals surface area contributed by atoms with Crippen LogP contribution >= 0.6 is 15.9 Å². The van der Waals surface area contributed by atoms with E-state index >= 15 is 0 Å². The first kappa shape index (κ1) is 28.3. The fraction of sp³-hybridized carbons (Fsp3) is 0.0968. The van der Waals surface area contributed by atoms with Gasteiger partial charge in [0.15, 0.2) is 11.5 Å². The predicted octanol–water partition coefficient (Wildman–Crippen LogP) is 6.39. The fourth-order valence-corrected chi connectivity index (χ4v) is 3.89. The van der Waals surface area contributed by atoms with Gasteiger partial charge in [-0.15, -0.1) is 0 Å². The number of anilines is 1. The molecule has 2 N–H and O–H groups in total. The predicted molar refractivity (Wildman–Crippen MR) is 157 cm³/mol. The maximum absolute atomic E-state index is 12.6. The molecular formula is C31H26BrN3O5.